The normalized spacial score (nSPS) is 13.6. The lowest BCUT2D eigenvalue weighted by atomic mass is 9.96. The van der Waals surface area contributed by atoms with E-state index in [1.807, 2.05) is 12.1 Å². The molecular weight excluding hydrogens is 382 g/mol. The molecule has 0 amide bonds. The summed E-state index contributed by atoms with van der Waals surface area (Å²) in [4.78, 5) is 8.75. The SMILES string of the molecule is CN1CN(CC(C)(C)C)c2ccc(-c3cccc(Oc4ccnc(Cl)c4)c3)cc21. The van der Waals surface area contributed by atoms with Crippen LogP contribution in [-0.2, 0) is 0 Å². The van der Waals surface area contributed by atoms with Gasteiger partial charge in [-0.3, -0.25) is 0 Å². The summed E-state index contributed by atoms with van der Waals surface area (Å²) in [5, 5.41) is 0.417. The van der Waals surface area contributed by atoms with E-state index >= 15 is 0 Å². The summed E-state index contributed by atoms with van der Waals surface area (Å²) >= 11 is 5.96. The van der Waals surface area contributed by atoms with Gasteiger partial charge in [-0.1, -0.05) is 50.6 Å². The van der Waals surface area contributed by atoms with E-state index in [9.17, 15) is 0 Å². The Kier molecular flexibility index (Phi) is 5.13. The van der Waals surface area contributed by atoms with Crippen molar-refractivity contribution in [3.05, 3.63) is 65.9 Å². The maximum absolute atomic E-state index is 5.96. The standard InChI is InChI=1S/C24H26ClN3O/c1-24(2,3)15-28-16-27(4)22-13-18(8-9-21(22)28)17-6-5-7-19(12-17)29-20-10-11-26-23(25)14-20/h5-14H,15-16H2,1-4H3. The average Bonchev–Trinajstić information content (AvgIpc) is 2.95. The van der Waals surface area contributed by atoms with Crippen LogP contribution in [0.25, 0.3) is 11.1 Å². The van der Waals surface area contributed by atoms with Gasteiger partial charge in [-0.15, -0.1) is 0 Å². The van der Waals surface area contributed by atoms with Crippen molar-refractivity contribution in [3.63, 3.8) is 0 Å². The highest BCUT2D eigenvalue weighted by atomic mass is 35.5. The minimum Gasteiger partial charge on any atom is -0.457 e. The molecule has 2 heterocycles. The van der Waals surface area contributed by atoms with Crippen LogP contribution < -0.4 is 14.5 Å². The molecule has 1 aliphatic heterocycles. The van der Waals surface area contributed by atoms with Crippen molar-refractivity contribution in [2.75, 3.05) is 30.1 Å². The van der Waals surface area contributed by atoms with Gasteiger partial charge in [0.25, 0.3) is 0 Å². The first-order valence-corrected chi connectivity index (χ1v) is 10.2. The minimum atomic E-state index is 0.253. The fourth-order valence-corrected chi connectivity index (χ4v) is 3.88. The van der Waals surface area contributed by atoms with Crippen LogP contribution in [0.5, 0.6) is 11.5 Å². The molecular formula is C24H26ClN3O. The lowest BCUT2D eigenvalue weighted by molar-refractivity contribution is 0.413. The Hall–Kier alpha value is -2.72. The molecule has 29 heavy (non-hydrogen) atoms. The van der Waals surface area contributed by atoms with Crippen molar-refractivity contribution in [3.8, 4) is 22.6 Å². The van der Waals surface area contributed by atoms with Gasteiger partial charge in [0.15, 0.2) is 0 Å². The molecule has 0 saturated carbocycles. The first-order chi connectivity index (χ1) is 13.8. The van der Waals surface area contributed by atoms with E-state index in [0.29, 0.717) is 10.9 Å². The van der Waals surface area contributed by atoms with Crippen molar-refractivity contribution in [1.82, 2.24) is 4.98 Å². The zero-order valence-electron chi connectivity index (χ0n) is 17.3. The molecule has 1 aromatic heterocycles. The first-order valence-electron chi connectivity index (χ1n) is 9.78. The number of ether oxygens (including phenoxy) is 1. The van der Waals surface area contributed by atoms with Crippen LogP contribution >= 0.6 is 11.6 Å². The molecule has 4 nitrogen and oxygen atoms in total. The van der Waals surface area contributed by atoms with E-state index in [0.717, 1.165) is 24.5 Å². The quantitative estimate of drug-likeness (QED) is 0.464. The van der Waals surface area contributed by atoms with Gasteiger partial charge in [-0.2, -0.15) is 0 Å². The molecule has 0 aliphatic carbocycles. The second-order valence-electron chi connectivity index (χ2n) is 8.75. The largest absolute Gasteiger partial charge is 0.457 e. The zero-order chi connectivity index (χ0) is 20.6. The highest BCUT2D eigenvalue weighted by molar-refractivity contribution is 6.29. The summed E-state index contributed by atoms with van der Waals surface area (Å²) in [7, 11) is 2.15. The van der Waals surface area contributed by atoms with E-state index in [1.54, 1.807) is 18.3 Å². The second kappa shape index (κ2) is 7.60. The molecule has 0 fully saturated rings. The van der Waals surface area contributed by atoms with Crippen molar-refractivity contribution in [2.24, 2.45) is 5.41 Å². The third-order valence-electron chi connectivity index (χ3n) is 4.88. The lowest BCUT2D eigenvalue weighted by Gasteiger charge is -2.28. The molecule has 0 saturated heterocycles. The summed E-state index contributed by atoms with van der Waals surface area (Å²) in [5.41, 5.74) is 5.10. The van der Waals surface area contributed by atoms with Crippen LogP contribution in [0.15, 0.2) is 60.8 Å². The van der Waals surface area contributed by atoms with Crippen molar-refractivity contribution in [2.45, 2.75) is 20.8 Å². The number of rotatable bonds is 4. The number of benzene rings is 2. The number of halogens is 1. The van der Waals surface area contributed by atoms with Crippen LogP contribution in [-0.4, -0.2) is 25.2 Å². The van der Waals surface area contributed by atoms with Gasteiger partial charge in [0, 0.05) is 25.9 Å². The predicted molar refractivity (Wildman–Crippen MR) is 121 cm³/mol. The summed E-state index contributed by atoms with van der Waals surface area (Å²) in [6.07, 6.45) is 1.64. The number of hydrogen-bond acceptors (Lipinski definition) is 4. The molecule has 0 spiro atoms. The van der Waals surface area contributed by atoms with Crippen LogP contribution in [0.1, 0.15) is 20.8 Å². The number of hydrogen-bond donors (Lipinski definition) is 0. The maximum atomic E-state index is 5.96. The molecule has 0 bridgehead atoms. The number of pyridine rings is 1. The van der Waals surface area contributed by atoms with Crippen LogP contribution in [0.3, 0.4) is 0 Å². The Bertz CT molecular complexity index is 1030. The lowest BCUT2D eigenvalue weighted by Crippen LogP contribution is -2.34. The first kappa shape index (κ1) is 19.6. The monoisotopic (exact) mass is 407 g/mol. The smallest absolute Gasteiger partial charge is 0.132 e. The molecule has 0 unspecified atom stereocenters. The third kappa shape index (κ3) is 4.48. The Morgan fingerprint density at radius 3 is 2.48 bits per heavy atom. The number of nitrogens with zero attached hydrogens (tertiary/aromatic N) is 3. The fraction of sp³-hybridized carbons (Fsp3) is 0.292. The van der Waals surface area contributed by atoms with Gasteiger partial charge in [-0.05, 0) is 46.9 Å². The molecule has 2 aromatic carbocycles. The Balaban J connectivity index is 1.60. The Morgan fingerprint density at radius 2 is 1.72 bits per heavy atom. The second-order valence-corrected chi connectivity index (χ2v) is 9.13. The molecule has 0 radical (unpaired) electrons. The fourth-order valence-electron chi connectivity index (χ4n) is 3.72. The van der Waals surface area contributed by atoms with Crippen LogP contribution in [0.4, 0.5) is 11.4 Å². The van der Waals surface area contributed by atoms with Crippen molar-refractivity contribution < 1.29 is 4.74 Å². The van der Waals surface area contributed by atoms with E-state index in [-0.39, 0.29) is 5.41 Å². The number of aromatic nitrogens is 1. The predicted octanol–water partition coefficient (Wildman–Crippen LogP) is 6.45. The van der Waals surface area contributed by atoms with Crippen LogP contribution in [0, 0.1) is 5.41 Å². The molecule has 1 aliphatic rings. The summed E-state index contributed by atoms with van der Waals surface area (Å²) in [6.45, 7) is 8.78. The van der Waals surface area contributed by atoms with E-state index in [1.165, 1.54) is 16.9 Å². The zero-order valence-corrected chi connectivity index (χ0v) is 18.1. The molecule has 150 valence electrons. The van der Waals surface area contributed by atoms with E-state index < -0.39 is 0 Å². The summed E-state index contributed by atoms with van der Waals surface area (Å²) in [5.74, 6) is 1.45. The molecule has 4 rings (SSSR count). The van der Waals surface area contributed by atoms with E-state index in [4.69, 9.17) is 16.3 Å². The van der Waals surface area contributed by atoms with Gasteiger partial charge in [0.05, 0.1) is 18.0 Å². The number of anilines is 2. The molecule has 5 heteroatoms. The molecule has 0 atom stereocenters. The van der Waals surface area contributed by atoms with Crippen molar-refractivity contribution in [1.29, 1.82) is 0 Å². The Morgan fingerprint density at radius 1 is 0.966 bits per heavy atom. The Labute approximate surface area is 177 Å². The summed E-state index contributed by atoms with van der Waals surface area (Å²) in [6, 6.07) is 18.3. The van der Waals surface area contributed by atoms with Gasteiger partial charge in [0.1, 0.15) is 16.7 Å². The third-order valence-corrected chi connectivity index (χ3v) is 5.08. The maximum Gasteiger partial charge on any atom is 0.132 e. The minimum absolute atomic E-state index is 0.253. The average molecular weight is 408 g/mol. The molecule has 3 aromatic rings. The van der Waals surface area contributed by atoms with Gasteiger partial charge in [0.2, 0.25) is 0 Å². The van der Waals surface area contributed by atoms with Crippen molar-refractivity contribution >= 4 is 23.0 Å². The number of fused-ring (bicyclic) bond motifs is 1. The van der Waals surface area contributed by atoms with E-state index in [2.05, 4.69) is 72.9 Å². The van der Waals surface area contributed by atoms with Gasteiger partial charge >= 0.3 is 0 Å². The topological polar surface area (TPSA) is 28.6 Å². The van der Waals surface area contributed by atoms with Crippen LogP contribution in [0.2, 0.25) is 5.15 Å². The summed E-state index contributed by atoms with van der Waals surface area (Å²) < 4.78 is 5.96. The van der Waals surface area contributed by atoms with Gasteiger partial charge < -0.3 is 14.5 Å². The highest BCUT2D eigenvalue weighted by Crippen LogP contribution is 2.40. The highest BCUT2D eigenvalue weighted by Gasteiger charge is 2.27. The van der Waals surface area contributed by atoms with Gasteiger partial charge in [-0.25, -0.2) is 4.98 Å². The molecule has 0 N–H and O–H groups in total.